The summed E-state index contributed by atoms with van der Waals surface area (Å²) < 4.78 is 16.8. The Kier molecular flexibility index (Phi) is 6.30. The summed E-state index contributed by atoms with van der Waals surface area (Å²) in [6, 6.07) is 16.0. The highest BCUT2D eigenvalue weighted by Gasteiger charge is 2.20. The van der Waals surface area contributed by atoms with Crippen molar-refractivity contribution in [3.05, 3.63) is 82.2 Å². The second kappa shape index (κ2) is 9.52. The third-order valence-electron chi connectivity index (χ3n) is 6.02. The van der Waals surface area contributed by atoms with Gasteiger partial charge in [-0.2, -0.15) is 9.61 Å². The van der Waals surface area contributed by atoms with E-state index in [0.29, 0.717) is 39.3 Å². The van der Waals surface area contributed by atoms with Crippen LogP contribution >= 0.6 is 15.9 Å². The number of piperazine rings is 1. The summed E-state index contributed by atoms with van der Waals surface area (Å²) in [5, 5.41) is 7.77. The van der Waals surface area contributed by atoms with Crippen LogP contribution in [0.25, 0.3) is 16.9 Å². The molecule has 0 spiro atoms. The quantitative estimate of drug-likeness (QED) is 0.423. The molecule has 0 unspecified atom stereocenters. The molecule has 0 saturated carbocycles. The molecule has 1 fully saturated rings. The highest BCUT2D eigenvalue weighted by Crippen LogP contribution is 2.27. The van der Waals surface area contributed by atoms with E-state index in [9.17, 15) is 9.18 Å². The van der Waals surface area contributed by atoms with Gasteiger partial charge in [-0.05, 0) is 52.8 Å². The van der Waals surface area contributed by atoms with Crippen molar-refractivity contribution in [1.82, 2.24) is 24.4 Å². The Balaban J connectivity index is 1.40. The summed E-state index contributed by atoms with van der Waals surface area (Å²) in [6.45, 7) is 3.71. The third kappa shape index (κ3) is 4.53. The van der Waals surface area contributed by atoms with E-state index in [4.69, 9.17) is 0 Å². The van der Waals surface area contributed by atoms with Crippen LogP contribution in [-0.2, 0) is 6.54 Å². The summed E-state index contributed by atoms with van der Waals surface area (Å²) in [5.41, 5.74) is 3.15. The molecule has 1 amide bonds. The van der Waals surface area contributed by atoms with E-state index in [2.05, 4.69) is 43.3 Å². The minimum atomic E-state index is -0.337. The number of nitrogens with zero attached hydrogens (tertiary/aromatic N) is 5. The van der Waals surface area contributed by atoms with E-state index in [1.165, 1.54) is 6.07 Å². The smallest absolute Gasteiger partial charge is 0.253 e. The Morgan fingerprint density at radius 3 is 2.68 bits per heavy atom. The zero-order chi connectivity index (χ0) is 23.7. The van der Waals surface area contributed by atoms with Gasteiger partial charge in [-0.15, -0.1) is 0 Å². The van der Waals surface area contributed by atoms with Gasteiger partial charge in [-0.1, -0.05) is 24.3 Å². The van der Waals surface area contributed by atoms with E-state index >= 15 is 0 Å². The van der Waals surface area contributed by atoms with Crippen molar-refractivity contribution < 1.29 is 9.18 Å². The number of hydrogen-bond donors (Lipinski definition) is 1. The number of nitrogens with one attached hydrogen (secondary N) is 1. The second-order valence-corrected chi connectivity index (χ2v) is 9.24. The number of hydrogen-bond acceptors (Lipinski definition) is 5. The Morgan fingerprint density at radius 2 is 1.88 bits per heavy atom. The van der Waals surface area contributed by atoms with Crippen molar-refractivity contribution in [1.29, 1.82) is 0 Å². The zero-order valence-electron chi connectivity index (χ0n) is 18.7. The van der Waals surface area contributed by atoms with Crippen molar-refractivity contribution in [2.75, 3.05) is 38.5 Å². The van der Waals surface area contributed by atoms with Gasteiger partial charge in [0.1, 0.15) is 11.6 Å². The first kappa shape index (κ1) is 22.5. The molecule has 1 aliphatic heterocycles. The standard InChI is InChI=1S/C25H24BrFN6O/c1-31-9-11-32(12-10-31)25(34)18-6-4-5-17(13-18)15-28-23-14-22(19-7-2-3-8-21(19)27)30-24-20(26)16-29-33(23)24/h2-8,13-14,16,28H,9-12,15H2,1H3. The van der Waals surface area contributed by atoms with Crippen molar-refractivity contribution in [3.63, 3.8) is 0 Å². The molecule has 1 saturated heterocycles. The summed E-state index contributed by atoms with van der Waals surface area (Å²) in [6.07, 6.45) is 1.66. The Morgan fingerprint density at radius 1 is 1.09 bits per heavy atom. The summed E-state index contributed by atoms with van der Waals surface area (Å²) >= 11 is 3.48. The van der Waals surface area contributed by atoms with Gasteiger partial charge in [0.2, 0.25) is 0 Å². The van der Waals surface area contributed by atoms with E-state index in [1.807, 2.05) is 29.2 Å². The van der Waals surface area contributed by atoms with E-state index in [1.54, 1.807) is 35.0 Å². The van der Waals surface area contributed by atoms with Gasteiger partial charge in [0.25, 0.3) is 5.91 Å². The van der Waals surface area contributed by atoms with Crippen molar-refractivity contribution in [2.45, 2.75) is 6.54 Å². The molecular weight excluding hydrogens is 499 g/mol. The molecule has 0 atom stereocenters. The minimum absolute atomic E-state index is 0.0547. The molecule has 34 heavy (non-hydrogen) atoms. The number of carbonyl (C=O) groups excluding carboxylic acids is 1. The van der Waals surface area contributed by atoms with Gasteiger partial charge < -0.3 is 15.1 Å². The molecule has 0 aliphatic carbocycles. The van der Waals surface area contributed by atoms with E-state index < -0.39 is 0 Å². The number of carbonyl (C=O) groups is 1. The van der Waals surface area contributed by atoms with Crippen LogP contribution in [0.3, 0.4) is 0 Å². The fourth-order valence-corrected chi connectivity index (χ4v) is 4.42. The minimum Gasteiger partial charge on any atom is -0.366 e. The van der Waals surface area contributed by atoms with Crippen LogP contribution in [0, 0.1) is 5.82 Å². The molecule has 1 N–H and O–H groups in total. The number of amides is 1. The predicted octanol–water partition coefficient (Wildman–Crippen LogP) is 4.30. The van der Waals surface area contributed by atoms with Gasteiger partial charge in [-0.25, -0.2) is 9.37 Å². The first-order valence-electron chi connectivity index (χ1n) is 11.1. The molecule has 1 aliphatic rings. The number of benzene rings is 2. The van der Waals surface area contributed by atoms with Gasteiger partial charge >= 0.3 is 0 Å². The molecule has 0 radical (unpaired) electrons. The lowest BCUT2D eigenvalue weighted by atomic mass is 10.1. The van der Waals surface area contributed by atoms with Crippen LogP contribution in [0.4, 0.5) is 10.2 Å². The maximum Gasteiger partial charge on any atom is 0.253 e. The summed E-state index contributed by atoms with van der Waals surface area (Å²) in [7, 11) is 2.07. The molecule has 2 aromatic carbocycles. The van der Waals surface area contributed by atoms with Crippen molar-refractivity contribution in [3.8, 4) is 11.3 Å². The number of rotatable bonds is 5. The molecule has 5 rings (SSSR count). The largest absolute Gasteiger partial charge is 0.366 e. The van der Waals surface area contributed by atoms with Crippen LogP contribution in [0.2, 0.25) is 0 Å². The highest BCUT2D eigenvalue weighted by molar-refractivity contribution is 9.10. The van der Waals surface area contributed by atoms with Crippen LogP contribution < -0.4 is 5.32 Å². The topological polar surface area (TPSA) is 65.8 Å². The van der Waals surface area contributed by atoms with Gasteiger partial charge in [-0.3, -0.25) is 4.79 Å². The SMILES string of the molecule is CN1CCN(C(=O)c2cccc(CNc3cc(-c4ccccc4F)nc4c(Br)cnn34)c2)CC1. The predicted molar refractivity (Wildman–Crippen MR) is 133 cm³/mol. The number of likely N-dealkylation sites (N-methyl/N-ethyl adjacent to an activating group) is 1. The third-order valence-corrected chi connectivity index (χ3v) is 6.58. The lowest BCUT2D eigenvalue weighted by molar-refractivity contribution is 0.0664. The number of halogens is 2. The lowest BCUT2D eigenvalue weighted by Gasteiger charge is -2.32. The molecule has 7 nitrogen and oxygen atoms in total. The van der Waals surface area contributed by atoms with Crippen molar-refractivity contribution >= 4 is 33.3 Å². The average molecular weight is 523 g/mol. The Bertz CT molecular complexity index is 1350. The fourth-order valence-electron chi connectivity index (χ4n) is 4.07. The fraction of sp³-hybridized carbons (Fsp3) is 0.240. The molecule has 9 heteroatoms. The maximum absolute atomic E-state index is 14.4. The molecule has 0 bridgehead atoms. The number of anilines is 1. The first-order chi connectivity index (χ1) is 16.5. The van der Waals surface area contributed by atoms with Gasteiger partial charge in [0, 0.05) is 49.9 Å². The number of fused-ring (bicyclic) bond motifs is 1. The second-order valence-electron chi connectivity index (χ2n) is 8.38. The van der Waals surface area contributed by atoms with Crippen LogP contribution in [0.1, 0.15) is 15.9 Å². The number of aromatic nitrogens is 3. The van der Waals surface area contributed by atoms with E-state index in [0.717, 1.165) is 31.7 Å². The van der Waals surface area contributed by atoms with E-state index in [-0.39, 0.29) is 11.7 Å². The highest BCUT2D eigenvalue weighted by atomic mass is 79.9. The van der Waals surface area contributed by atoms with Gasteiger partial charge in [0.15, 0.2) is 5.65 Å². The molecule has 3 heterocycles. The zero-order valence-corrected chi connectivity index (χ0v) is 20.3. The Labute approximate surface area is 205 Å². The Hall–Kier alpha value is -3.30. The summed E-state index contributed by atoms with van der Waals surface area (Å²) in [4.78, 5) is 21.7. The lowest BCUT2D eigenvalue weighted by Crippen LogP contribution is -2.47. The maximum atomic E-state index is 14.4. The first-order valence-corrected chi connectivity index (χ1v) is 11.9. The molecule has 2 aromatic heterocycles. The molecule has 174 valence electrons. The summed E-state index contributed by atoms with van der Waals surface area (Å²) in [5.74, 6) is 0.389. The normalized spacial score (nSPS) is 14.5. The average Bonchev–Trinajstić information content (AvgIpc) is 3.24. The van der Waals surface area contributed by atoms with Crippen molar-refractivity contribution in [2.24, 2.45) is 0 Å². The molecular formula is C25H24BrFN6O. The van der Waals surface area contributed by atoms with Gasteiger partial charge in [0.05, 0.1) is 16.4 Å². The molecule has 4 aromatic rings. The van der Waals surface area contributed by atoms with Crippen LogP contribution in [0.5, 0.6) is 0 Å². The monoisotopic (exact) mass is 522 g/mol. The van der Waals surface area contributed by atoms with Crippen LogP contribution in [-0.4, -0.2) is 63.5 Å². The van der Waals surface area contributed by atoms with Crippen LogP contribution in [0.15, 0.2) is 65.3 Å².